The molecule has 0 aliphatic heterocycles. The fourth-order valence-corrected chi connectivity index (χ4v) is 2.64. The van der Waals surface area contributed by atoms with Crippen molar-refractivity contribution in [3.05, 3.63) is 96.1 Å². The second-order valence-corrected chi connectivity index (χ2v) is 5.69. The number of rotatable bonds is 6. The first kappa shape index (κ1) is 16.9. The van der Waals surface area contributed by atoms with Crippen LogP contribution in [0.2, 0.25) is 0 Å². The minimum atomic E-state index is -0.722. The third kappa shape index (κ3) is 4.34. The van der Waals surface area contributed by atoms with Gasteiger partial charge in [0, 0.05) is 0 Å². The Morgan fingerprint density at radius 3 is 1.96 bits per heavy atom. The highest BCUT2D eigenvalue weighted by Crippen LogP contribution is 2.23. The Kier molecular flexibility index (Phi) is 5.60. The predicted octanol–water partition coefficient (Wildman–Crippen LogP) is 4.78. The fourth-order valence-electron chi connectivity index (χ4n) is 2.64. The highest BCUT2D eigenvalue weighted by atomic mass is 16.6. The number of carbonyl (C=O) groups is 1. The van der Waals surface area contributed by atoms with Crippen molar-refractivity contribution in [2.75, 3.05) is 7.11 Å². The summed E-state index contributed by atoms with van der Waals surface area (Å²) in [5.41, 5.74) is 4.11. The number of benzene rings is 3. The molecule has 0 heterocycles. The second kappa shape index (κ2) is 8.27. The Morgan fingerprint density at radius 1 is 0.800 bits per heavy atom. The van der Waals surface area contributed by atoms with E-state index in [1.807, 2.05) is 60.7 Å². The molecule has 0 bridgehead atoms. The summed E-state index contributed by atoms with van der Waals surface area (Å²) < 4.78 is 10.7. The van der Waals surface area contributed by atoms with Gasteiger partial charge in [0.1, 0.15) is 0 Å². The maximum absolute atomic E-state index is 12.0. The van der Waals surface area contributed by atoms with Gasteiger partial charge < -0.3 is 9.47 Å². The molecule has 0 amide bonds. The normalized spacial score (nSPS) is 11.7. The average molecular weight is 332 g/mol. The SMILES string of the molecule is COC(=O)[C@H](OCc1ccc(-c2ccccc2)cc1)c1ccccc1. The van der Waals surface area contributed by atoms with Crippen molar-refractivity contribution in [1.29, 1.82) is 0 Å². The molecule has 3 heteroatoms. The summed E-state index contributed by atoms with van der Waals surface area (Å²) in [4.78, 5) is 12.0. The topological polar surface area (TPSA) is 35.5 Å². The molecular formula is C22H20O3. The first-order valence-corrected chi connectivity index (χ1v) is 8.16. The molecule has 3 nitrogen and oxygen atoms in total. The van der Waals surface area contributed by atoms with Gasteiger partial charge in [-0.05, 0) is 22.3 Å². The molecule has 0 fully saturated rings. The number of ether oxygens (including phenoxy) is 2. The molecule has 3 rings (SSSR count). The molecule has 25 heavy (non-hydrogen) atoms. The highest BCUT2D eigenvalue weighted by molar-refractivity contribution is 5.76. The molecule has 0 unspecified atom stereocenters. The van der Waals surface area contributed by atoms with E-state index >= 15 is 0 Å². The molecule has 1 atom stereocenters. The molecule has 0 radical (unpaired) electrons. The molecule has 0 N–H and O–H groups in total. The molecular weight excluding hydrogens is 312 g/mol. The van der Waals surface area contributed by atoms with Crippen molar-refractivity contribution in [3.8, 4) is 11.1 Å². The molecule has 0 saturated heterocycles. The summed E-state index contributed by atoms with van der Waals surface area (Å²) in [7, 11) is 1.37. The maximum Gasteiger partial charge on any atom is 0.339 e. The number of carbonyl (C=O) groups excluding carboxylic acids is 1. The molecule has 3 aromatic rings. The van der Waals surface area contributed by atoms with Crippen molar-refractivity contribution in [1.82, 2.24) is 0 Å². The van der Waals surface area contributed by atoms with Crippen LogP contribution in [0.1, 0.15) is 17.2 Å². The summed E-state index contributed by atoms with van der Waals surface area (Å²) in [5.74, 6) is -0.396. The first-order valence-electron chi connectivity index (χ1n) is 8.16. The molecule has 0 aliphatic carbocycles. The zero-order valence-corrected chi connectivity index (χ0v) is 14.1. The van der Waals surface area contributed by atoms with Gasteiger partial charge in [0.25, 0.3) is 0 Å². The predicted molar refractivity (Wildman–Crippen MR) is 97.9 cm³/mol. The van der Waals surface area contributed by atoms with Crippen LogP contribution in [-0.4, -0.2) is 13.1 Å². The van der Waals surface area contributed by atoms with Crippen LogP contribution < -0.4 is 0 Å². The Balaban J connectivity index is 1.70. The standard InChI is InChI=1S/C22H20O3/c1-24-22(23)21(20-10-6-3-7-11-20)25-16-17-12-14-19(15-13-17)18-8-4-2-5-9-18/h2-15,21H,16H2,1H3/t21-/m1/s1. The van der Waals surface area contributed by atoms with E-state index in [1.54, 1.807) is 0 Å². The van der Waals surface area contributed by atoms with Crippen LogP contribution in [0, 0.1) is 0 Å². The largest absolute Gasteiger partial charge is 0.467 e. The van der Waals surface area contributed by atoms with Crippen molar-refractivity contribution in [2.24, 2.45) is 0 Å². The summed E-state index contributed by atoms with van der Waals surface area (Å²) in [6, 6.07) is 27.7. The summed E-state index contributed by atoms with van der Waals surface area (Å²) in [6.07, 6.45) is -0.722. The zero-order chi connectivity index (χ0) is 17.5. The Hall–Kier alpha value is -2.91. The lowest BCUT2D eigenvalue weighted by Crippen LogP contribution is -2.17. The van der Waals surface area contributed by atoms with Crippen LogP contribution in [-0.2, 0) is 20.9 Å². The first-order chi connectivity index (χ1) is 12.3. The maximum atomic E-state index is 12.0. The van der Waals surface area contributed by atoms with Crippen molar-refractivity contribution >= 4 is 5.97 Å². The lowest BCUT2D eigenvalue weighted by atomic mass is 10.0. The minimum absolute atomic E-state index is 0.337. The van der Waals surface area contributed by atoms with E-state index in [-0.39, 0.29) is 0 Å². The van der Waals surface area contributed by atoms with Crippen LogP contribution >= 0.6 is 0 Å². The van der Waals surface area contributed by atoms with Gasteiger partial charge in [-0.1, -0.05) is 84.9 Å². The molecule has 3 aromatic carbocycles. The molecule has 126 valence electrons. The van der Waals surface area contributed by atoms with E-state index in [9.17, 15) is 4.79 Å². The van der Waals surface area contributed by atoms with E-state index in [4.69, 9.17) is 9.47 Å². The Bertz CT molecular complexity index is 796. The Labute approximate surface area is 147 Å². The van der Waals surface area contributed by atoms with E-state index in [0.29, 0.717) is 6.61 Å². The summed E-state index contributed by atoms with van der Waals surface area (Å²) in [6.45, 7) is 0.337. The number of hydrogen-bond donors (Lipinski definition) is 0. The van der Waals surface area contributed by atoms with E-state index in [0.717, 1.165) is 16.7 Å². The van der Waals surface area contributed by atoms with Crippen LogP contribution in [0.3, 0.4) is 0 Å². The lowest BCUT2D eigenvalue weighted by Gasteiger charge is -2.16. The van der Waals surface area contributed by atoms with Gasteiger partial charge in [-0.15, -0.1) is 0 Å². The summed E-state index contributed by atoms with van der Waals surface area (Å²) in [5, 5.41) is 0. The number of esters is 1. The van der Waals surface area contributed by atoms with Gasteiger partial charge in [0.15, 0.2) is 6.10 Å². The smallest absolute Gasteiger partial charge is 0.339 e. The van der Waals surface area contributed by atoms with Crippen LogP contribution in [0.4, 0.5) is 0 Å². The molecule has 0 aromatic heterocycles. The molecule has 0 spiro atoms. The second-order valence-electron chi connectivity index (χ2n) is 5.69. The third-order valence-corrected chi connectivity index (χ3v) is 4.00. The van der Waals surface area contributed by atoms with Crippen LogP contribution in [0.15, 0.2) is 84.9 Å². The minimum Gasteiger partial charge on any atom is -0.467 e. The highest BCUT2D eigenvalue weighted by Gasteiger charge is 2.21. The van der Waals surface area contributed by atoms with Gasteiger partial charge in [-0.25, -0.2) is 4.79 Å². The van der Waals surface area contributed by atoms with Crippen LogP contribution in [0.5, 0.6) is 0 Å². The van der Waals surface area contributed by atoms with E-state index in [2.05, 4.69) is 24.3 Å². The van der Waals surface area contributed by atoms with Crippen molar-refractivity contribution < 1.29 is 14.3 Å². The van der Waals surface area contributed by atoms with Gasteiger partial charge in [0.05, 0.1) is 13.7 Å². The quantitative estimate of drug-likeness (QED) is 0.609. The third-order valence-electron chi connectivity index (χ3n) is 4.00. The number of methoxy groups -OCH3 is 1. The van der Waals surface area contributed by atoms with Gasteiger partial charge in [-0.3, -0.25) is 0 Å². The molecule has 0 aliphatic rings. The molecule has 0 saturated carbocycles. The van der Waals surface area contributed by atoms with Gasteiger partial charge >= 0.3 is 5.97 Å². The number of hydrogen-bond acceptors (Lipinski definition) is 3. The average Bonchev–Trinajstić information content (AvgIpc) is 2.70. The van der Waals surface area contributed by atoms with Crippen molar-refractivity contribution in [3.63, 3.8) is 0 Å². The summed E-state index contributed by atoms with van der Waals surface area (Å²) >= 11 is 0. The van der Waals surface area contributed by atoms with Crippen molar-refractivity contribution in [2.45, 2.75) is 12.7 Å². The van der Waals surface area contributed by atoms with Gasteiger partial charge in [-0.2, -0.15) is 0 Å². The fraction of sp³-hybridized carbons (Fsp3) is 0.136. The van der Waals surface area contributed by atoms with Gasteiger partial charge in [0.2, 0.25) is 0 Å². The lowest BCUT2D eigenvalue weighted by molar-refractivity contribution is -0.155. The monoisotopic (exact) mass is 332 g/mol. The van der Waals surface area contributed by atoms with E-state index in [1.165, 1.54) is 12.7 Å². The van der Waals surface area contributed by atoms with Crippen LogP contribution in [0.25, 0.3) is 11.1 Å². The zero-order valence-electron chi connectivity index (χ0n) is 14.1. The van der Waals surface area contributed by atoms with E-state index < -0.39 is 12.1 Å². The Morgan fingerprint density at radius 2 is 1.36 bits per heavy atom.